The number of halogens is 1. The zero-order valence-electron chi connectivity index (χ0n) is 15.5. The van der Waals surface area contributed by atoms with Gasteiger partial charge in [-0.15, -0.1) is 0 Å². The van der Waals surface area contributed by atoms with Gasteiger partial charge in [0.2, 0.25) is 0 Å². The molecule has 28 heavy (non-hydrogen) atoms. The second-order valence-corrected chi connectivity index (χ2v) is 5.75. The second-order valence-electron chi connectivity index (χ2n) is 5.75. The van der Waals surface area contributed by atoms with Crippen molar-refractivity contribution in [1.29, 1.82) is 0 Å². The Bertz CT molecular complexity index is 809. The van der Waals surface area contributed by atoms with Gasteiger partial charge in [0.15, 0.2) is 0 Å². The Kier molecular flexibility index (Phi) is 8.61. The molecule has 8 heteroatoms. The standard InChI is InChI=1S/C20H22FN3O4/c1-27-12-4-11-22-19(25)20(26)24-23-13-15-7-9-17(10-8-15)28-14-16-5-2-3-6-18(16)21/h2-3,5-10,13H,4,11-12,14H2,1H3,(H,22,25)(H,24,26)/b23-13-. The summed E-state index contributed by atoms with van der Waals surface area (Å²) in [6, 6.07) is 13.2. The molecule has 2 aromatic rings. The van der Waals surface area contributed by atoms with E-state index in [4.69, 9.17) is 9.47 Å². The molecule has 2 rings (SSSR count). The maximum atomic E-state index is 13.6. The summed E-state index contributed by atoms with van der Waals surface area (Å²) in [6.45, 7) is 0.966. The van der Waals surface area contributed by atoms with Gasteiger partial charge in [0.1, 0.15) is 18.2 Å². The lowest BCUT2D eigenvalue weighted by molar-refractivity contribution is -0.139. The van der Waals surface area contributed by atoms with Gasteiger partial charge < -0.3 is 14.8 Å². The topological polar surface area (TPSA) is 89.0 Å². The maximum absolute atomic E-state index is 13.6. The number of hydrogen-bond acceptors (Lipinski definition) is 5. The van der Waals surface area contributed by atoms with E-state index < -0.39 is 11.8 Å². The zero-order chi connectivity index (χ0) is 20.2. The summed E-state index contributed by atoms with van der Waals surface area (Å²) in [5, 5.41) is 6.20. The van der Waals surface area contributed by atoms with Crippen molar-refractivity contribution in [3.05, 3.63) is 65.5 Å². The van der Waals surface area contributed by atoms with E-state index in [1.165, 1.54) is 12.3 Å². The highest BCUT2D eigenvalue weighted by Gasteiger charge is 2.11. The Morgan fingerprint density at radius 2 is 1.86 bits per heavy atom. The van der Waals surface area contributed by atoms with E-state index in [0.29, 0.717) is 36.4 Å². The Balaban J connectivity index is 1.76. The Hall–Kier alpha value is -3.26. The fourth-order valence-corrected chi connectivity index (χ4v) is 2.14. The first-order chi connectivity index (χ1) is 13.6. The van der Waals surface area contributed by atoms with Crippen LogP contribution < -0.4 is 15.5 Å². The molecule has 0 saturated heterocycles. The highest BCUT2D eigenvalue weighted by molar-refractivity contribution is 6.35. The van der Waals surface area contributed by atoms with Gasteiger partial charge in [0.25, 0.3) is 0 Å². The molecule has 0 fully saturated rings. The van der Waals surface area contributed by atoms with Crippen LogP contribution in [0.25, 0.3) is 0 Å². The molecule has 0 atom stereocenters. The highest BCUT2D eigenvalue weighted by atomic mass is 19.1. The van der Waals surface area contributed by atoms with Gasteiger partial charge >= 0.3 is 11.8 Å². The van der Waals surface area contributed by atoms with E-state index in [1.54, 1.807) is 49.6 Å². The summed E-state index contributed by atoms with van der Waals surface area (Å²) in [5.74, 6) is -1.35. The normalized spacial score (nSPS) is 10.6. The summed E-state index contributed by atoms with van der Waals surface area (Å²) in [7, 11) is 1.56. The van der Waals surface area contributed by atoms with Crippen molar-refractivity contribution < 1.29 is 23.5 Å². The number of ether oxygens (including phenoxy) is 2. The van der Waals surface area contributed by atoms with E-state index in [-0.39, 0.29) is 12.4 Å². The molecule has 0 spiro atoms. The van der Waals surface area contributed by atoms with Gasteiger partial charge in [-0.3, -0.25) is 9.59 Å². The van der Waals surface area contributed by atoms with E-state index in [9.17, 15) is 14.0 Å². The number of benzene rings is 2. The number of hydrazone groups is 1. The zero-order valence-corrected chi connectivity index (χ0v) is 15.5. The smallest absolute Gasteiger partial charge is 0.329 e. The average molecular weight is 387 g/mol. The summed E-state index contributed by atoms with van der Waals surface area (Å²) in [5.41, 5.74) is 3.32. The SMILES string of the molecule is COCCCNC(=O)C(=O)N/N=C\c1ccc(OCc2ccccc2F)cc1. The van der Waals surface area contributed by atoms with E-state index in [2.05, 4.69) is 15.8 Å². The Labute approximate surface area is 162 Å². The fraction of sp³-hybridized carbons (Fsp3) is 0.250. The molecule has 0 aromatic heterocycles. The van der Waals surface area contributed by atoms with Crippen molar-refractivity contribution >= 4 is 18.0 Å². The third-order valence-corrected chi connectivity index (χ3v) is 3.63. The van der Waals surface area contributed by atoms with Gasteiger partial charge in [-0.25, -0.2) is 9.82 Å². The number of carbonyl (C=O) groups excluding carboxylic acids is 2. The number of nitrogens with one attached hydrogen (secondary N) is 2. The molecule has 0 bridgehead atoms. The van der Waals surface area contributed by atoms with E-state index in [1.807, 2.05) is 0 Å². The maximum Gasteiger partial charge on any atom is 0.329 e. The lowest BCUT2D eigenvalue weighted by atomic mass is 10.2. The number of nitrogens with zero attached hydrogens (tertiary/aromatic N) is 1. The van der Waals surface area contributed by atoms with Gasteiger partial charge in [-0.2, -0.15) is 5.10 Å². The minimum absolute atomic E-state index is 0.121. The van der Waals surface area contributed by atoms with Crippen LogP contribution in [0.15, 0.2) is 53.6 Å². The van der Waals surface area contributed by atoms with Crippen LogP contribution in [0.1, 0.15) is 17.5 Å². The molecule has 0 unspecified atom stereocenters. The molecule has 0 aliphatic rings. The van der Waals surface area contributed by atoms with E-state index in [0.717, 1.165) is 0 Å². The quantitative estimate of drug-likeness (QED) is 0.298. The molecule has 2 amide bonds. The van der Waals surface area contributed by atoms with Gasteiger partial charge in [-0.1, -0.05) is 18.2 Å². The average Bonchev–Trinajstić information content (AvgIpc) is 2.71. The van der Waals surface area contributed by atoms with Crippen LogP contribution in [-0.2, 0) is 20.9 Å². The van der Waals surface area contributed by atoms with Crippen LogP contribution in [0, 0.1) is 5.82 Å². The van der Waals surface area contributed by atoms with Gasteiger partial charge in [-0.05, 0) is 42.3 Å². The number of hydrogen-bond donors (Lipinski definition) is 2. The van der Waals surface area contributed by atoms with Crippen LogP contribution in [0.4, 0.5) is 4.39 Å². The Morgan fingerprint density at radius 1 is 1.11 bits per heavy atom. The lowest BCUT2D eigenvalue weighted by Gasteiger charge is -2.07. The molecule has 7 nitrogen and oxygen atoms in total. The largest absolute Gasteiger partial charge is 0.489 e. The predicted octanol–water partition coefficient (Wildman–Crippen LogP) is 2.01. The molecule has 0 aliphatic heterocycles. The summed E-state index contributed by atoms with van der Waals surface area (Å²) < 4.78 is 23.9. The van der Waals surface area contributed by atoms with Crippen molar-refractivity contribution in [1.82, 2.24) is 10.7 Å². The van der Waals surface area contributed by atoms with Crippen LogP contribution in [0.5, 0.6) is 5.75 Å². The minimum atomic E-state index is -0.849. The summed E-state index contributed by atoms with van der Waals surface area (Å²) >= 11 is 0. The predicted molar refractivity (Wildman–Crippen MR) is 102 cm³/mol. The van der Waals surface area contributed by atoms with Crippen LogP contribution in [-0.4, -0.2) is 38.3 Å². The first kappa shape index (κ1) is 21.0. The number of methoxy groups -OCH3 is 1. The second kappa shape index (κ2) is 11.5. The third kappa shape index (κ3) is 7.16. The highest BCUT2D eigenvalue weighted by Crippen LogP contribution is 2.15. The van der Waals surface area contributed by atoms with Gasteiger partial charge in [0, 0.05) is 25.8 Å². The first-order valence-electron chi connectivity index (χ1n) is 8.66. The molecule has 0 saturated carbocycles. The molecule has 2 aromatic carbocycles. The number of rotatable bonds is 9. The molecular weight excluding hydrogens is 365 g/mol. The Morgan fingerprint density at radius 3 is 2.57 bits per heavy atom. The van der Waals surface area contributed by atoms with Crippen molar-refractivity contribution in [2.45, 2.75) is 13.0 Å². The van der Waals surface area contributed by atoms with Crippen LogP contribution in [0.2, 0.25) is 0 Å². The molecule has 0 heterocycles. The van der Waals surface area contributed by atoms with Crippen LogP contribution >= 0.6 is 0 Å². The van der Waals surface area contributed by atoms with Gasteiger partial charge in [0.05, 0.1) is 6.21 Å². The molecule has 148 valence electrons. The summed E-state index contributed by atoms with van der Waals surface area (Å²) in [6.07, 6.45) is 2.01. The van der Waals surface area contributed by atoms with Crippen LogP contribution in [0.3, 0.4) is 0 Å². The van der Waals surface area contributed by atoms with E-state index >= 15 is 0 Å². The molecule has 2 N–H and O–H groups in total. The summed E-state index contributed by atoms with van der Waals surface area (Å²) in [4.78, 5) is 23.1. The lowest BCUT2D eigenvalue weighted by Crippen LogP contribution is -2.38. The van der Waals surface area contributed by atoms with Crippen molar-refractivity contribution in [3.8, 4) is 5.75 Å². The molecule has 0 radical (unpaired) electrons. The minimum Gasteiger partial charge on any atom is -0.489 e. The molecular formula is C20H22FN3O4. The monoisotopic (exact) mass is 387 g/mol. The number of carbonyl (C=O) groups is 2. The van der Waals surface area contributed by atoms with Crippen molar-refractivity contribution in [2.75, 3.05) is 20.3 Å². The van der Waals surface area contributed by atoms with Crippen molar-refractivity contribution in [3.63, 3.8) is 0 Å². The van der Waals surface area contributed by atoms with Crippen molar-refractivity contribution in [2.24, 2.45) is 5.10 Å². The number of amides is 2. The first-order valence-corrected chi connectivity index (χ1v) is 8.66. The third-order valence-electron chi connectivity index (χ3n) is 3.63. The fourth-order valence-electron chi connectivity index (χ4n) is 2.14. The molecule has 0 aliphatic carbocycles.